The third-order valence-corrected chi connectivity index (χ3v) is 3.20. The maximum Gasteiger partial charge on any atom is 0.236 e. The molecular formula is C18H20N2O3. The molecule has 1 amide bonds. The summed E-state index contributed by atoms with van der Waals surface area (Å²) >= 11 is 0. The molecule has 0 saturated carbocycles. The standard InChI is InChI=1S/C18H20N2O3/c1-13(16-7-5-4-6-8-16)23-17-10-9-15(11-18(17)22-3)12-19-20-14(2)21/h4-13H,1-3H3,(H,20,21)/b19-12-/t13-/m0/s1. The van der Waals surface area contributed by atoms with Crippen LogP contribution in [0.4, 0.5) is 0 Å². The quantitative estimate of drug-likeness (QED) is 0.657. The fourth-order valence-corrected chi connectivity index (χ4v) is 2.04. The average Bonchev–Trinajstić information content (AvgIpc) is 2.56. The fourth-order valence-electron chi connectivity index (χ4n) is 2.04. The van der Waals surface area contributed by atoms with E-state index in [1.54, 1.807) is 19.4 Å². The van der Waals surface area contributed by atoms with Gasteiger partial charge in [0.25, 0.3) is 0 Å². The van der Waals surface area contributed by atoms with E-state index >= 15 is 0 Å². The van der Waals surface area contributed by atoms with Gasteiger partial charge in [-0.05, 0) is 36.2 Å². The van der Waals surface area contributed by atoms with E-state index in [0.717, 1.165) is 11.1 Å². The molecule has 0 radical (unpaired) electrons. The Morgan fingerprint density at radius 1 is 1.17 bits per heavy atom. The van der Waals surface area contributed by atoms with Crippen LogP contribution in [0.3, 0.4) is 0 Å². The molecule has 0 bridgehead atoms. The van der Waals surface area contributed by atoms with Crippen LogP contribution >= 0.6 is 0 Å². The summed E-state index contributed by atoms with van der Waals surface area (Å²) in [5.41, 5.74) is 4.25. The van der Waals surface area contributed by atoms with Crippen molar-refractivity contribution < 1.29 is 14.3 Å². The number of carbonyl (C=O) groups excluding carboxylic acids is 1. The van der Waals surface area contributed by atoms with E-state index in [-0.39, 0.29) is 12.0 Å². The van der Waals surface area contributed by atoms with Gasteiger partial charge in [0.15, 0.2) is 11.5 Å². The minimum absolute atomic E-state index is 0.0935. The number of nitrogens with one attached hydrogen (secondary N) is 1. The second-order valence-electron chi connectivity index (χ2n) is 5.01. The third kappa shape index (κ3) is 4.85. The summed E-state index contributed by atoms with van der Waals surface area (Å²) in [6, 6.07) is 15.5. The maximum absolute atomic E-state index is 10.8. The summed E-state index contributed by atoms with van der Waals surface area (Å²) in [6.45, 7) is 3.39. The van der Waals surface area contributed by atoms with Crippen LogP contribution in [0.2, 0.25) is 0 Å². The second-order valence-corrected chi connectivity index (χ2v) is 5.01. The molecule has 0 spiro atoms. The first-order valence-electron chi connectivity index (χ1n) is 7.29. The van der Waals surface area contributed by atoms with Gasteiger partial charge >= 0.3 is 0 Å². The second kappa shape index (κ2) is 7.98. The van der Waals surface area contributed by atoms with E-state index in [4.69, 9.17) is 9.47 Å². The summed E-state index contributed by atoms with van der Waals surface area (Å²) in [5, 5.41) is 3.83. The Morgan fingerprint density at radius 3 is 2.57 bits per heavy atom. The van der Waals surface area contributed by atoms with Crippen LogP contribution in [-0.4, -0.2) is 19.2 Å². The highest BCUT2D eigenvalue weighted by atomic mass is 16.5. The molecule has 0 aliphatic carbocycles. The number of benzene rings is 2. The molecule has 1 atom stereocenters. The highest BCUT2D eigenvalue weighted by molar-refractivity contribution is 5.82. The Hall–Kier alpha value is -2.82. The zero-order valence-electron chi connectivity index (χ0n) is 13.4. The molecule has 1 N–H and O–H groups in total. The Bertz CT molecular complexity index is 684. The van der Waals surface area contributed by atoms with Gasteiger partial charge in [0, 0.05) is 6.92 Å². The Kier molecular flexibility index (Phi) is 5.74. The number of nitrogens with zero attached hydrogens (tertiary/aromatic N) is 1. The first-order valence-corrected chi connectivity index (χ1v) is 7.29. The van der Waals surface area contributed by atoms with Crippen LogP contribution in [0, 0.1) is 0 Å². The first kappa shape index (κ1) is 16.5. The zero-order chi connectivity index (χ0) is 16.7. The molecule has 2 rings (SSSR count). The number of hydrazone groups is 1. The summed E-state index contributed by atoms with van der Waals surface area (Å²) in [5.74, 6) is 1.05. The Morgan fingerprint density at radius 2 is 1.91 bits per heavy atom. The van der Waals surface area contributed by atoms with Gasteiger partial charge in [-0.15, -0.1) is 0 Å². The largest absolute Gasteiger partial charge is 0.493 e. The summed E-state index contributed by atoms with van der Waals surface area (Å²) in [4.78, 5) is 10.8. The van der Waals surface area contributed by atoms with Crippen molar-refractivity contribution in [2.45, 2.75) is 20.0 Å². The van der Waals surface area contributed by atoms with Gasteiger partial charge in [-0.1, -0.05) is 30.3 Å². The van der Waals surface area contributed by atoms with Gasteiger partial charge in [-0.2, -0.15) is 5.10 Å². The fraction of sp³-hybridized carbons (Fsp3) is 0.222. The molecule has 120 valence electrons. The minimum atomic E-state index is -0.218. The monoisotopic (exact) mass is 312 g/mol. The van der Waals surface area contributed by atoms with Crippen LogP contribution in [0.25, 0.3) is 0 Å². The van der Waals surface area contributed by atoms with Crippen molar-refractivity contribution in [3.8, 4) is 11.5 Å². The summed E-state index contributed by atoms with van der Waals surface area (Å²) < 4.78 is 11.4. The van der Waals surface area contributed by atoms with Gasteiger partial charge in [-0.3, -0.25) is 4.79 Å². The number of rotatable bonds is 6. The number of ether oxygens (including phenoxy) is 2. The Labute approximate surface area is 135 Å². The lowest BCUT2D eigenvalue weighted by molar-refractivity contribution is -0.118. The molecule has 0 fully saturated rings. The third-order valence-electron chi connectivity index (χ3n) is 3.20. The molecule has 2 aromatic carbocycles. The minimum Gasteiger partial charge on any atom is -0.493 e. The van der Waals surface area contributed by atoms with Gasteiger partial charge in [0.2, 0.25) is 5.91 Å². The number of methoxy groups -OCH3 is 1. The smallest absolute Gasteiger partial charge is 0.236 e. The number of hydrogen-bond acceptors (Lipinski definition) is 4. The lowest BCUT2D eigenvalue weighted by Gasteiger charge is -2.17. The van der Waals surface area contributed by atoms with Gasteiger partial charge in [0.1, 0.15) is 6.10 Å². The molecule has 0 aliphatic heterocycles. The van der Waals surface area contributed by atoms with Crippen molar-refractivity contribution in [1.82, 2.24) is 5.43 Å². The average molecular weight is 312 g/mol. The van der Waals surface area contributed by atoms with Gasteiger partial charge < -0.3 is 9.47 Å². The van der Waals surface area contributed by atoms with E-state index in [9.17, 15) is 4.79 Å². The Balaban J connectivity index is 2.13. The predicted molar refractivity (Wildman–Crippen MR) is 89.9 cm³/mol. The van der Waals surface area contributed by atoms with Crippen LogP contribution in [0.15, 0.2) is 53.6 Å². The van der Waals surface area contributed by atoms with Crippen molar-refractivity contribution in [3.05, 3.63) is 59.7 Å². The normalized spacial score (nSPS) is 12.0. The molecular weight excluding hydrogens is 292 g/mol. The molecule has 23 heavy (non-hydrogen) atoms. The van der Waals surface area contributed by atoms with E-state index in [1.807, 2.05) is 49.4 Å². The van der Waals surface area contributed by atoms with Crippen LogP contribution in [-0.2, 0) is 4.79 Å². The first-order chi connectivity index (χ1) is 11.1. The zero-order valence-corrected chi connectivity index (χ0v) is 13.4. The van der Waals surface area contributed by atoms with E-state index in [1.165, 1.54) is 6.92 Å². The summed E-state index contributed by atoms with van der Waals surface area (Å²) in [6.07, 6.45) is 1.46. The predicted octanol–water partition coefficient (Wildman–Crippen LogP) is 3.31. The molecule has 0 aliphatic rings. The number of hydrogen-bond donors (Lipinski definition) is 1. The summed E-state index contributed by atoms with van der Waals surface area (Å²) in [7, 11) is 1.59. The molecule has 0 unspecified atom stereocenters. The van der Waals surface area contributed by atoms with Gasteiger partial charge in [-0.25, -0.2) is 5.43 Å². The molecule has 5 heteroatoms. The SMILES string of the molecule is COc1cc(/C=N\NC(C)=O)ccc1O[C@@H](C)c1ccccc1. The molecule has 2 aromatic rings. The molecule has 0 heterocycles. The molecule has 0 saturated heterocycles. The van der Waals surface area contributed by atoms with Crippen molar-refractivity contribution in [3.63, 3.8) is 0 Å². The lowest BCUT2D eigenvalue weighted by Crippen LogP contribution is -2.12. The van der Waals surface area contributed by atoms with Crippen LogP contribution < -0.4 is 14.9 Å². The lowest BCUT2D eigenvalue weighted by atomic mass is 10.1. The van der Waals surface area contributed by atoms with Crippen molar-refractivity contribution >= 4 is 12.1 Å². The van der Waals surface area contributed by atoms with Crippen molar-refractivity contribution in [2.24, 2.45) is 5.10 Å². The van der Waals surface area contributed by atoms with E-state index in [0.29, 0.717) is 11.5 Å². The van der Waals surface area contributed by atoms with E-state index in [2.05, 4.69) is 10.5 Å². The number of carbonyl (C=O) groups is 1. The number of amides is 1. The van der Waals surface area contributed by atoms with Crippen LogP contribution in [0.1, 0.15) is 31.1 Å². The highest BCUT2D eigenvalue weighted by Crippen LogP contribution is 2.31. The van der Waals surface area contributed by atoms with E-state index < -0.39 is 0 Å². The van der Waals surface area contributed by atoms with Crippen molar-refractivity contribution in [2.75, 3.05) is 7.11 Å². The maximum atomic E-state index is 10.8. The molecule has 0 aromatic heterocycles. The molecule has 5 nitrogen and oxygen atoms in total. The topological polar surface area (TPSA) is 59.9 Å². The van der Waals surface area contributed by atoms with Crippen molar-refractivity contribution in [1.29, 1.82) is 0 Å². The highest BCUT2D eigenvalue weighted by Gasteiger charge is 2.11. The van der Waals surface area contributed by atoms with Gasteiger partial charge in [0.05, 0.1) is 13.3 Å². The van der Waals surface area contributed by atoms with Crippen LogP contribution in [0.5, 0.6) is 11.5 Å².